The van der Waals surface area contributed by atoms with E-state index in [2.05, 4.69) is 19.2 Å². The minimum Gasteiger partial charge on any atom is -0.464 e. The first-order chi connectivity index (χ1) is 5.94. The molecule has 0 heterocycles. The SMILES string of the molecule is CCC(C)COC(=O)C(C)(C)NC. The normalized spacial score (nSPS) is 13.9. The fourth-order valence-electron chi connectivity index (χ4n) is 0.618. The Morgan fingerprint density at radius 2 is 2.08 bits per heavy atom. The van der Waals surface area contributed by atoms with E-state index in [0.29, 0.717) is 12.5 Å². The van der Waals surface area contributed by atoms with Crippen molar-refractivity contribution in [1.29, 1.82) is 0 Å². The van der Waals surface area contributed by atoms with Crippen LogP contribution in [0.3, 0.4) is 0 Å². The Labute approximate surface area is 80.8 Å². The number of carbonyl (C=O) groups excluding carboxylic acids is 1. The average Bonchev–Trinajstić information content (AvgIpc) is 2.13. The molecule has 0 rings (SSSR count). The molecule has 1 unspecified atom stereocenters. The molecule has 0 aliphatic rings. The summed E-state index contributed by atoms with van der Waals surface area (Å²) in [5, 5.41) is 2.91. The Bertz CT molecular complexity index is 166. The van der Waals surface area contributed by atoms with Crippen molar-refractivity contribution in [1.82, 2.24) is 5.32 Å². The van der Waals surface area contributed by atoms with Gasteiger partial charge in [-0.15, -0.1) is 0 Å². The zero-order chi connectivity index (χ0) is 10.5. The summed E-state index contributed by atoms with van der Waals surface area (Å²) in [7, 11) is 1.75. The zero-order valence-corrected chi connectivity index (χ0v) is 9.31. The number of nitrogens with one attached hydrogen (secondary N) is 1. The Balaban J connectivity index is 3.88. The van der Waals surface area contributed by atoms with Crippen molar-refractivity contribution in [3.63, 3.8) is 0 Å². The molecule has 0 aromatic rings. The Hall–Kier alpha value is -0.570. The predicted molar refractivity (Wildman–Crippen MR) is 53.6 cm³/mol. The molecule has 0 bridgehead atoms. The summed E-state index contributed by atoms with van der Waals surface area (Å²) >= 11 is 0. The second-order valence-corrected chi connectivity index (χ2v) is 3.99. The van der Waals surface area contributed by atoms with Crippen LogP contribution in [0.5, 0.6) is 0 Å². The summed E-state index contributed by atoms with van der Waals surface area (Å²) in [6.07, 6.45) is 1.03. The second-order valence-electron chi connectivity index (χ2n) is 3.99. The molecule has 0 saturated heterocycles. The molecular formula is C10H21NO2. The zero-order valence-electron chi connectivity index (χ0n) is 9.31. The third-order valence-corrected chi connectivity index (χ3v) is 2.33. The molecule has 78 valence electrons. The van der Waals surface area contributed by atoms with Crippen molar-refractivity contribution < 1.29 is 9.53 Å². The lowest BCUT2D eigenvalue weighted by Crippen LogP contribution is -2.46. The van der Waals surface area contributed by atoms with Crippen LogP contribution in [0.2, 0.25) is 0 Å². The van der Waals surface area contributed by atoms with Gasteiger partial charge in [-0.1, -0.05) is 20.3 Å². The highest BCUT2D eigenvalue weighted by Crippen LogP contribution is 2.07. The molecule has 0 aromatic carbocycles. The van der Waals surface area contributed by atoms with Gasteiger partial charge in [0.1, 0.15) is 5.54 Å². The van der Waals surface area contributed by atoms with Gasteiger partial charge in [0.05, 0.1) is 6.61 Å². The van der Waals surface area contributed by atoms with Gasteiger partial charge >= 0.3 is 5.97 Å². The van der Waals surface area contributed by atoms with Crippen LogP contribution in [0, 0.1) is 5.92 Å². The summed E-state index contributed by atoms with van der Waals surface area (Å²) < 4.78 is 5.15. The molecule has 0 spiro atoms. The molecule has 3 heteroatoms. The highest BCUT2D eigenvalue weighted by molar-refractivity contribution is 5.79. The first kappa shape index (κ1) is 12.4. The summed E-state index contributed by atoms with van der Waals surface area (Å²) in [6, 6.07) is 0. The van der Waals surface area contributed by atoms with E-state index < -0.39 is 5.54 Å². The highest BCUT2D eigenvalue weighted by atomic mass is 16.5. The molecule has 1 N–H and O–H groups in total. The van der Waals surface area contributed by atoms with Gasteiger partial charge in [0.15, 0.2) is 0 Å². The van der Waals surface area contributed by atoms with Crippen molar-refractivity contribution in [2.75, 3.05) is 13.7 Å². The van der Waals surface area contributed by atoms with E-state index in [-0.39, 0.29) is 5.97 Å². The molecule has 0 aliphatic carbocycles. The first-order valence-electron chi connectivity index (χ1n) is 4.80. The number of hydrogen-bond acceptors (Lipinski definition) is 3. The minimum atomic E-state index is -0.576. The molecule has 0 fully saturated rings. The Kier molecular flexibility index (Phi) is 4.99. The molecule has 0 amide bonds. The summed E-state index contributed by atoms with van der Waals surface area (Å²) in [4.78, 5) is 11.4. The lowest BCUT2D eigenvalue weighted by atomic mass is 10.1. The van der Waals surface area contributed by atoms with Gasteiger partial charge < -0.3 is 10.1 Å². The first-order valence-corrected chi connectivity index (χ1v) is 4.80. The van der Waals surface area contributed by atoms with Gasteiger partial charge in [0.2, 0.25) is 0 Å². The summed E-state index contributed by atoms with van der Waals surface area (Å²) in [5.41, 5.74) is -0.576. The van der Waals surface area contributed by atoms with Gasteiger partial charge in [-0.25, -0.2) is 0 Å². The van der Waals surface area contributed by atoms with Crippen molar-refractivity contribution >= 4 is 5.97 Å². The largest absolute Gasteiger partial charge is 0.464 e. The van der Waals surface area contributed by atoms with Crippen LogP contribution in [0.1, 0.15) is 34.1 Å². The molecule has 0 aliphatic heterocycles. The van der Waals surface area contributed by atoms with Crippen LogP contribution in [-0.2, 0) is 9.53 Å². The molecule has 0 aromatic heterocycles. The standard InChI is InChI=1S/C10H21NO2/c1-6-8(2)7-13-9(12)10(3,4)11-5/h8,11H,6-7H2,1-5H3. The average molecular weight is 187 g/mol. The van der Waals surface area contributed by atoms with Crippen LogP contribution in [-0.4, -0.2) is 25.2 Å². The number of hydrogen-bond donors (Lipinski definition) is 1. The fourth-order valence-corrected chi connectivity index (χ4v) is 0.618. The van der Waals surface area contributed by atoms with Crippen molar-refractivity contribution in [2.45, 2.75) is 39.7 Å². The number of rotatable bonds is 5. The second kappa shape index (κ2) is 5.22. The van der Waals surface area contributed by atoms with E-state index in [1.807, 2.05) is 13.8 Å². The van der Waals surface area contributed by atoms with Gasteiger partial charge in [0.25, 0.3) is 0 Å². The Morgan fingerprint density at radius 1 is 1.54 bits per heavy atom. The maximum Gasteiger partial charge on any atom is 0.325 e. The van der Waals surface area contributed by atoms with Gasteiger partial charge in [-0.2, -0.15) is 0 Å². The third-order valence-electron chi connectivity index (χ3n) is 2.33. The van der Waals surface area contributed by atoms with E-state index >= 15 is 0 Å². The summed E-state index contributed by atoms with van der Waals surface area (Å²) in [5.74, 6) is 0.256. The smallest absolute Gasteiger partial charge is 0.325 e. The van der Waals surface area contributed by atoms with E-state index in [1.165, 1.54) is 0 Å². The van der Waals surface area contributed by atoms with E-state index in [0.717, 1.165) is 6.42 Å². The molecule has 0 radical (unpaired) electrons. The van der Waals surface area contributed by atoms with E-state index in [4.69, 9.17) is 4.74 Å². The molecule has 3 nitrogen and oxygen atoms in total. The molecule has 0 saturated carbocycles. The number of esters is 1. The van der Waals surface area contributed by atoms with E-state index in [1.54, 1.807) is 7.05 Å². The maximum atomic E-state index is 11.4. The van der Waals surface area contributed by atoms with E-state index in [9.17, 15) is 4.79 Å². The number of carbonyl (C=O) groups is 1. The van der Waals surface area contributed by atoms with Crippen molar-refractivity contribution in [3.8, 4) is 0 Å². The third kappa shape index (κ3) is 4.27. The monoisotopic (exact) mass is 187 g/mol. The Morgan fingerprint density at radius 3 is 2.46 bits per heavy atom. The van der Waals surface area contributed by atoms with Crippen LogP contribution < -0.4 is 5.32 Å². The number of likely N-dealkylation sites (N-methyl/N-ethyl adjacent to an activating group) is 1. The molecular weight excluding hydrogens is 166 g/mol. The van der Waals surface area contributed by atoms with Crippen LogP contribution >= 0.6 is 0 Å². The lowest BCUT2D eigenvalue weighted by molar-refractivity contribution is -0.151. The van der Waals surface area contributed by atoms with Crippen molar-refractivity contribution in [2.24, 2.45) is 5.92 Å². The van der Waals surface area contributed by atoms with Crippen LogP contribution in [0.25, 0.3) is 0 Å². The van der Waals surface area contributed by atoms with Crippen molar-refractivity contribution in [3.05, 3.63) is 0 Å². The van der Waals surface area contributed by atoms with Gasteiger partial charge in [0, 0.05) is 0 Å². The fraction of sp³-hybridized carbons (Fsp3) is 0.900. The number of ether oxygens (including phenoxy) is 1. The quantitative estimate of drug-likeness (QED) is 0.664. The minimum absolute atomic E-state index is 0.185. The molecule has 13 heavy (non-hydrogen) atoms. The topological polar surface area (TPSA) is 38.3 Å². The molecule has 1 atom stereocenters. The van der Waals surface area contributed by atoms with Crippen LogP contribution in [0.15, 0.2) is 0 Å². The lowest BCUT2D eigenvalue weighted by Gasteiger charge is -2.22. The van der Waals surface area contributed by atoms with Gasteiger partial charge in [-0.3, -0.25) is 4.79 Å². The maximum absolute atomic E-state index is 11.4. The predicted octanol–water partition coefficient (Wildman–Crippen LogP) is 1.57. The van der Waals surface area contributed by atoms with Gasteiger partial charge in [-0.05, 0) is 26.8 Å². The highest BCUT2D eigenvalue weighted by Gasteiger charge is 2.27. The summed E-state index contributed by atoms with van der Waals surface area (Å²) in [6.45, 7) is 8.29. The van der Waals surface area contributed by atoms with Crippen LogP contribution in [0.4, 0.5) is 0 Å².